The zero-order valence-corrected chi connectivity index (χ0v) is 7.86. The Morgan fingerprint density at radius 3 is 2.08 bits per heavy atom. The van der Waals surface area contributed by atoms with Crippen molar-refractivity contribution in [2.45, 2.75) is 13.8 Å². The molecule has 2 heteroatoms. The predicted molar refractivity (Wildman–Crippen MR) is 49.3 cm³/mol. The van der Waals surface area contributed by atoms with Crippen LogP contribution in [0.1, 0.15) is 13.8 Å². The van der Waals surface area contributed by atoms with E-state index in [-0.39, 0.29) is 5.92 Å². The van der Waals surface area contributed by atoms with Crippen LogP contribution < -0.4 is 0 Å². The molecular formula is C10H15FO. The summed E-state index contributed by atoms with van der Waals surface area (Å²) in [6.07, 6.45) is 1.49. The SMILES string of the molecule is C=C/C(OC)=C(\C(=C)F)C(C)C. The summed E-state index contributed by atoms with van der Waals surface area (Å²) in [5.74, 6) is 0.0506. The average molecular weight is 170 g/mol. The molecule has 0 saturated heterocycles. The normalized spacial score (nSPS) is 12.4. The standard InChI is InChI=1S/C10H15FO/c1-6-9(12-5)10(7(2)3)8(4)11/h6-7H,1,4H2,2-3,5H3/b10-9+. The monoisotopic (exact) mass is 170 g/mol. The van der Waals surface area contributed by atoms with Crippen molar-refractivity contribution in [2.24, 2.45) is 5.92 Å². The first-order valence-electron chi connectivity index (χ1n) is 3.80. The van der Waals surface area contributed by atoms with Gasteiger partial charge in [0.05, 0.1) is 7.11 Å². The molecule has 12 heavy (non-hydrogen) atoms. The third kappa shape index (κ3) is 2.53. The number of hydrogen-bond donors (Lipinski definition) is 0. The highest BCUT2D eigenvalue weighted by molar-refractivity contribution is 5.32. The van der Waals surface area contributed by atoms with Gasteiger partial charge in [-0.25, -0.2) is 4.39 Å². The van der Waals surface area contributed by atoms with Gasteiger partial charge in [-0.15, -0.1) is 0 Å². The van der Waals surface area contributed by atoms with Crippen LogP contribution in [0.2, 0.25) is 0 Å². The summed E-state index contributed by atoms with van der Waals surface area (Å²) in [5, 5.41) is 0. The van der Waals surface area contributed by atoms with Crippen LogP contribution in [0.4, 0.5) is 4.39 Å². The second kappa shape index (κ2) is 4.75. The minimum atomic E-state index is -0.457. The van der Waals surface area contributed by atoms with E-state index in [0.29, 0.717) is 11.3 Å². The van der Waals surface area contributed by atoms with Gasteiger partial charge in [0.2, 0.25) is 0 Å². The molecule has 0 aromatic rings. The molecule has 0 aliphatic carbocycles. The van der Waals surface area contributed by atoms with Gasteiger partial charge < -0.3 is 4.74 Å². The van der Waals surface area contributed by atoms with E-state index in [1.54, 1.807) is 0 Å². The van der Waals surface area contributed by atoms with Crippen LogP contribution in [0.25, 0.3) is 0 Å². The molecule has 0 rings (SSSR count). The van der Waals surface area contributed by atoms with Crippen molar-refractivity contribution in [1.82, 2.24) is 0 Å². The maximum atomic E-state index is 12.9. The first-order valence-corrected chi connectivity index (χ1v) is 3.80. The van der Waals surface area contributed by atoms with Gasteiger partial charge in [0.1, 0.15) is 11.6 Å². The summed E-state index contributed by atoms with van der Waals surface area (Å²) < 4.78 is 17.8. The van der Waals surface area contributed by atoms with Crippen LogP contribution in [-0.4, -0.2) is 7.11 Å². The minimum absolute atomic E-state index is 0.0513. The Hall–Kier alpha value is -1.05. The molecule has 0 atom stereocenters. The maximum Gasteiger partial charge on any atom is 0.124 e. The quantitative estimate of drug-likeness (QED) is 0.465. The molecule has 0 aliphatic heterocycles. The zero-order chi connectivity index (χ0) is 9.72. The Balaban J connectivity index is 5.03. The van der Waals surface area contributed by atoms with Crippen molar-refractivity contribution in [3.63, 3.8) is 0 Å². The molecule has 0 heterocycles. The molecule has 0 radical (unpaired) electrons. The lowest BCUT2D eigenvalue weighted by Gasteiger charge is -2.12. The number of allylic oxidation sites excluding steroid dienone is 3. The van der Waals surface area contributed by atoms with E-state index >= 15 is 0 Å². The predicted octanol–water partition coefficient (Wildman–Crippen LogP) is 3.21. The molecule has 0 N–H and O–H groups in total. The molecule has 68 valence electrons. The van der Waals surface area contributed by atoms with Crippen molar-refractivity contribution in [3.05, 3.63) is 36.4 Å². The molecule has 0 aromatic carbocycles. The maximum absolute atomic E-state index is 12.9. The number of rotatable bonds is 4. The second-order valence-electron chi connectivity index (χ2n) is 2.75. The largest absolute Gasteiger partial charge is 0.496 e. The van der Waals surface area contributed by atoms with E-state index in [1.807, 2.05) is 13.8 Å². The first kappa shape index (κ1) is 11.0. The summed E-state index contributed by atoms with van der Waals surface area (Å²) in [7, 11) is 1.49. The Labute approximate surface area is 73.2 Å². The van der Waals surface area contributed by atoms with Crippen LogP contribution in [0.15, 0.2) is 36.4 Å². The van der Waals surface area contributed by atoms with Gasteiger partial charge in [-0.2, -0.15) is 0 Å². The van der Waals surface area contributed by atoms with E-state index < -0.39 is 5.83 Å². The van der Waals surface area contributed by atoms with E-state index in [9.17, 15) is 4.39 Å². The lowest BCUT2D eigenvalue weighted by atomic mass is 10.0. The lowest BCUT2D eigenvalue weighted by Crippen LogP contribution is -2.00. The van der Waals surface area contributed by atoms with Crippen LogP contribution in [0.3, 0.4) is 0 Å². The van der Waals surface area contributed by atoms with Crippen LogP contribution in [-0.2, 0) is 4.74 Å². The topological polar surface area (TPSA) is 9.23 Å². The Morgan fingerprint density at radius 2 is 2.00 bits per heavy atom. The fourth-order valence-corrected chi connectivity index (χ4v) is 1.03. The van der Waals surface area contributed by atoms with Gasteiger partial charge in [0.25, 0.3) is 0 Å². The molecule has 0 aromatic heterocycles. The van der Waals surface area contributed by atoms with Gasteiger partial charge in [-0.05, 0) is 12.0 Å². The summed E-state index contributed by atoms with van der Waals surface area (Å²) >= 11 is 0. The summed E-state index contributed by atoms with van der Waals surface area (Å²) in [6.45, 7) is 10.5. The van der Waals surface area contributed by atoms with Crippen molar-refractivity contribution < 1.29 is 9.13 Å². The second-order valence-corrected chi connectivity index (χ2v) is 2.75. The van der Waals surface area contributed by atoms with E-state index in [0.717, 1.165) is 0 Å². The summed E-state index contributed by atoms with van der Waals surface area (Å²) in [5.41, 5.74) is 0.479. The lowest BCUT2D eigenvalue weighted by molar-refractivity contribution is 0.297. The van der Waals surface area contributed by atoms with Crippen molar-refractivity contribution >= 4 is 0 Å². The van der Waals surface area contributed by atoms with Gasteiger partial charge in [-0.3, -0.25) is 0 Å². The highest BCUT2D eigenvalue weighted by Gasteiger charge is 2.12. The molecular weight excluding hydrogens is 155 g/mol. The Morgan fingerprint density at radius 1 is 1.50 bits per heavy atom. The molecule has 0 fully saturated rings. The number of hydrogen-bond acceptors (Lipinski definition) is 1. The smallest absolute Gasteiger partial charge is 0.124 e. The van der Waals surface area contributed by atoms with Gasteiger partial charge in [0.15, 0.2) is 0 Å². The van der Waals surface area contributed by atoms with Gasteiger partial charge >= 0.3 is 0 Å². The highest BCUT2D eigenvalue weighted by atomic mass is 19.1. The van der Waals surface area contributed by atoms with Crippen molar-refractivity contribution in [2.75, 3.05) is 7.11 Å². The molecule has 0 spiro atoms. The van der Waals surface area contributed by atoms with Crippen LogP contribution in [0, 0.1) is 5.92 Å². The average Bonchev–Trinajstić information content (AvgIpc) is 1.98. The summed E-state index contributed by atoms with van der Waals surface area (Å²) in [4.78, 5) is 0. The van der Waals surface area contributed by atoms with E-state index in [4.69, 9.17) is 4.74 Å². The van der Waals surface area contributed by atoms with Gasteiger partial charge in [0, 0.05) is 5.57 Å². The number of halogens is 1. The zero-order valence-electron chi connectivity index (χ0n) is 7.86. The Kier molecular flexibility index (Phi) is 4.34. The molecule has 0 amide bonds. The molecule has 0 unspecified atom stereocenters. The molecule has 0 saturated carbocycles. The van der Waals surface area contributed by atoms with E-state index in [1.165, 1.54) is 13.2 Å². The van der Waals surface area contributed by atoms with Crippen LogP contribution in [0.5, 0.6) is 0 Å². The third-order valence-corrected chi connectivity index (χ3v) is 1.54. The number of methoxy groups -OCH3 is 1. The molecule has 1 nitrogen and oxygen atoms in total. The molecule has 0 aliphatic rings. The Bertz CT molecular complexity index is 214. The van der Waals surface area contributed by atoms with Gasteiger partial charge in [-0.1, -0.05) is 27.0 Å². The van der Waals surface area contributed by atoms with Crippen molar-refractivity contribution in [3.8, 4) is 0 Å². The van der Waals surface area contributed by atoms with Crippen LogP contribution >= 0.6 is 0 Å². The highest BCUT2D eigenvalue weighted by Crippen LogP contribution is 2.23. The summed E-state index contributed by atoms with van der Waals surface area (Å²) in [6, 6.07) is 0. The molecule has 0 bridgehead atoms. The fourth-order valence-electron chi connectivity index (χ4n) is 1.03. The third-order valence-electron chi connectivity index (χ3n) is 1.54. The van der Waals surface area contributed by atoms with Crippen molar-refractivity contribution in [1.29, 1.82) is 0 Å². The number of ether oxygens (including phenoxy) is 1. The minimum Gasteiger partial charge on any atom is -0.496 e. The van der Waals surface area contributed by atoms with E-state index in [2.05, 4.69) is 13.2 Å². The fraction of sp³-hybridized carbons (Fsp3) is 0.400. The first-order chi connectivity index (χ1) is 5.54.